The number of fused-ring (bicyclic) bond motifs is 2. The smallest absolute Gasteiger partial charge is 0.239 e. The topological polar surface area (TPSA) is 49.9 Å². The highest BCUT2D eigenvalue weighted by Gasteiger charge is 2.54. The van der Waals surface area contributed by atoms with Gasteiger partial charge in [0.25, 0.3) is 0 Å². The number of hydrogen-bond donors (Lipinski definition) is 0. The molecular weight excluding hydrogens is 268 g/mol. The zero-order chi connectivity index (χ0) is 15.2. The lowest BCUT2D eigenvalue weighted by atomic mass is 9.81. The number of methoxy groups -OCH3 is 1. The monoisotopic (exact) mass is 288 g/mol. The highest BCUT2D eigenvalue weighted by atomic mass is 16.5. The third-order valence-electron chi connectivity index (χ3n) is 4.72. The Bertz CT molecular complexity index is 614. The van der Waals surface area contributed by atoms with E-state index in [1.165, 1.54) is 0 Å². The van der Waals surface area contributed by atoms with Crippen LogP contribution in [-0.2, 0) is 15.0 Å². The summed E-state index contributed by atoms with van der Waals surface area (Å²) in [6.07, 6.45) is 1.16. The minimum absolute atomic E-state index is 0.0807. The summed E-state index contributed by atoms with van der Waals surface area (Å²) >= 11 is 0. The molecule has 1 spiro atoms. The van der Waals surface area contributed by atoms with Crippen LogP contribution in [0.15, 0.2) is 18.2 Å². The summed E-state index contributed by atoms with van der Waals surface area (Å²) in [7, 11) is 3.42. The molecule has 3 rings (SSSR count). The Morgan fingerprint density at radius 2 is 2.19 bits per heavy atom. The fraction of sp³-hybridized carbons (Fsp3) is 0.500. The normalized spacial score (nSPS) is 23.9. The minimum atomic E-state index is -0.594. The second kappa shape index (κ2) is 4.76. The van der Waals surface area contributed by atoms with Gasteiger partial charge in [0.1, 0.15) is 5.75 Å². The second-order valence-corrected chi connectivity index (χ2v) is 5.75. The van der Waals surface area contributed by atoms with E-state index in [9.17, 15) is 9.59 Å². The zero-order valence-corrected chi connectivity index (χ0v) is 12.7. The van der Waals surface area contributed by atoms with Gasteiger partial charge in [0.2, 0.25) is 11.8 Å². The Labute approximate surface area is 124 Å². The molecule has 2 amide bonds. The van der Waals surface area contributed by atoms with Gasteiger partial charge in [-0.05, 0) is 30.2 Å². The Morgan fingerprint density at radius 1 is 1.43 bits per heavy atom. The lowest BCUT2D eigenvalue weighted by Crippen LogP contribution is -2.42. The van der Waals surface area contributed by atoms with E-state index in [1.54, 1.807) is 24.0 Å². The van der Waals surface area contributed by atoms with E-state index in [-0.39, 0.29) is 11.8 Å². The van der Waals surface area contributed by atoms with E-state index in [0.717, 1.165) is 17.0 Å². The van der Waals surface area contributed by atoms with Crippen molar-refractivity contribution in [3.8, 4) is 5.75 Å². The highest BCUT2D eigenvalue weighted by molar-refractivity contribution is 6.08. The van der Waals surface area contributed by atoms with Gasteiger partial charge in [-0.25, -0.2) is 0 Å². The lowest BCUT2D eigenvalue weighted by molar-refractivity contribution is -0.130. The van der Waals surface area contributed by atoms with Crippen LogP contribution < -0.4 is 9.64 Å². The van der Waals surface area contributed by atoms with E-state index in [1.807, 2.05) is 25.1 Å². The van der Waals surface area contributed by atoms with Crippen LogP contribution in [0, 0.1) is 0 Å². The van der Waals surface area contributed by atoms with Crippen molar-refractivity contribution in [2.45, 2.75) is 25.2 Å². The van der Waals surface area contributed by atoms with Crippen LogP contribution in [0.25, 0.3) is 0 Å². The Kier molecular flexibility index (Phi) is 3.15. The molecule has 0 saturated carbocycles. The number of carbonyl (C=O) groups is 2. The number of amides is 2. The van der Waals surface area contributed by atoms with Crippen LogP contribution in [0.1, 0.15) is 25.3 Å². The molecule has 5 heteroatoms. The summed E-state index contributed by atoms with van der Waals surface area (Å²) in [6.45, 7) is 2.97. The third kappa shape index (κ3) is 1.83. The van der Waals surface area contributed by atoms with Crippen molar-refractivity contribution in [1.29, 1.82) is 0 Å². The van der Waals surface area contributed by atoms with Crippen molar-refractivity contribution in [2.24, 2.45) is 0 Å². The highest BCUT2D eigenvalue weighted by Crippen LogP contribution is 2.47. The van der Waals surface area contributed by atoms with Gasteiger partial charge in [-0.15, -0.1) is 0 Å². The van der Waals surface area contributed by atoms with Crippen molar-refractivity contribution in [3.63, 3.8) is 0 Å². The molecule has 2 heterocycles. The molecule has 1 atom stereocenters. The number of likely N-dealkylation sites (N-methyl/N-ethyl adjacent to an activating group) is 1. The van der Waals surface area contributed by atoms with Crippen LogP contribution >= 0.6 is 0 Å². The molecule has 1 aromatic carbocycles. The first-order valence-corrected chi connectivity index (χ1v) is 7.28. The summed E-state index contributed by atoms with van der Waals surface area (Å²) in [5.41, 5.74) is 1.32. The van der Waals surface area contributed by atoms with E-state index in [4.69, 9.17) is 4.74 Å². The molecule has 21 heavy (non-hydrogen) atoms. The molecule has 1 saturated heterocycles. The molecule has 1 unspecified atom stereocenters. The summed E-state index contributed by atoms with van der Waals surface area (Å²) < 4.78 is 5.30. The van der Waals surface area contributed by atoms with E-state index >= 15 is 0 Å². The van der Waals surface area contributed by atoms with E-state index in [0.29, 0.717) is 25.9 Å². The van der Waals surface area contributed by atoms with Crippen molar-refractivity contribution >= 4 is 17.5 Å². The number of anilines is 1. The molecule has 0 bridgehead atoms. The maximum atomic E-state index is 12.8. The van der Waals surface area contributed by atoms with Gasteiger partial charge >= 0.3 is 0 Å². The van der Waals surface area contributed by atoms with Crippen molar-refractivity contribution in [2.75, 3.05) is 32.1 Å². The quantitative estimate of drug-likeness (QED) is 0.829. The van der Waals surface area contributed by atoms with Crippen LogP contribution in [0.2, 0.25) is 0 Å². The Morgan fingerprint density at radius 3 is 2.86 bits per heavy atom. The predicted octanol–water partition coefficient (Wildman–Crippen LogP) is 1.55. The van der Waals surface area contributed by atoms with Crippen LogP contribution in [0.5, 0.6) is 5.75 Å². The fourth-order valence-electron chi connectivity index (χ4n) is 3.50. The number of rotatable bonds is 2. The van der Waals surface area contributed by atoms with Crippen molar-refractivity contribution in [1.82, 2.24) is 4.90 Å². The average molecular weight is 288 g/mol. The number of likely N-dealkylation sites (tertiary alicyclic amines) is 1. The van der Waals surface area contributed by atoms with Gasteiger partial charge in [0, 0.05) is 32.2 Å². The van der Waals surface area contributed by atoms with E-state index in [2.05, 4.69) is 0 Å². The molecule has 5 nitrogen and oxygen atoms in total. The third-order valence-corrected chi connectivity index (χ3v) is 4.72. The van der Waals surface area contributed by atoms with Gasteiger partial charge in [-0.2, -0.15) is 0 Å². The minimum Gasteiger partial charge on any atom is -0.497 e. The maximum absolute atomic E-state index is 12.8. The summed E-state index contributed by atoms with van der Waals surface area (Å²) in [5.74, 6) is 0.937. The number of carbonyl (C=O) groups excluding carboxylic acids is 2. The first-order chi connectivity index (χ1) is 10.0. The molecule has 112 valence electrons. The first kappa shape index (κ1) is 13.9. The second-order valence-electron chi connectivity index (χ2n) is 5.75. The number of benzene rings is 1. The van der Waals surface area contributed by atoms with Gasteiger partial charge < -0.3 is 14.5 Å². The Hall–Kier alpha value is -2.04. The van der Waals surface area contributed by atoms with Gasteiger partial charge in [-0.1, -0.05) is 6.92 Å². The summed E-state index contributed by atoms with van der Waals surface area (Å²) in [4.78, 5) is 28.3. The number of nitrogens with zero attached hydrogens (tertiary/aromatic N) is 2. The van der Waals surface area contributed by atoms with Gasteiger partial charge in [-0.3, -0.25) is 9.59 Å². The largest absolute Gasteiger partial charge is 0.497 e. The molecule has 0 N–H and O–H groups in total. The summed E-state index contributed by atoms with van der Waals surface area (Å²) in [6, 6.07) is 5.73. The molecule has 2 aliphatic heterocycles. The van der Waals surface area contributed by atoms with Gasteiger partial charge in [0.05, 0.1) is 12.5 Å². The summed E-state index contributed by atoms with van der Waals surface area (Å²) in [5, 5.41) is 0. The zero-order valence-electron chi connectivity index (χ0n) is 12.7. The molecular formula is C16H20N2O3. The van der Waals surface area contributed by atoms with Crippen LogP contribution in [0.3, 0.4) is 0 Å². The fourth-order valence-corrected chi connectivity index (χ4v) is 3.50. The lowest BCUT2D eigenvalue weighted by Gasteiger charge is -2.23. The van der Waals surface area contributed by atoms with Crippen molar-refractivity contribution < 1.29 is 14.3 Å². The predicted molar refractivity (Wildman–Crippen MR) is 79.6 cm³/mol. The number of hydrogen-bond acceptors (Lipinski definition) is 3. The Balaban J connectivity index is 2.05. The van der Waals surface area contributed by atoms with Crippen LogP contribution in [0.4, 0.5) is 5.69 Å². The maximum Gasteiger partial charge on any atom is 0.239 e. The van der Waals surface area contributed by atoms with Crippen LogP contribution in [-0.4, -0.2) is 44.0 Å². The molecule has 2 aliphatic rings. The van der Waals surface area contributed by atoms with E-state index < -0.39 is 5.41 Å². The molecule has 0 radical (unpaired) electrons. The first-order valence-electron chi connectivity index (χ1n) is 7.28. The van der Waals surface area contributed by atoms with Crippen molar-refractivity contribution in [3.05, 3.63) is 23.8 Å². The average Bonchev–Trinajstić information content (AvgIpc) is 3.05. The molecule has 0 aromatic heterocycles. The SMILES string of the molecule is CCC(=O)N1CCC2(C1)C(=O)N(C)c1ccc(OC)cc12. The molecule has 1 aromatic rings. The standard InChI is InChI=1S/C16H20N2O3/c1-4-14(19)18-8-7-16(10-18)12-9-11(21-3)5-6-13(12)17(2)15(16)20/h5-6,9H,4,7-8,10H2,1-3H3. The number of ether oxygens (including phenoxy) is 1. The molecule has 1 fully saturated rings. The van der Waals surface area contributed by atoms with Gasteiger partial charge in [0.15, 0.2) is 0 Å². The molecule has 0 aliphatic carbocycles.